The van der Waals surface area contributed by atoms with E-state index < -0.39 is 12.0 Å². The second kappa shape index (κ2) is 10.6. The van der Waals surface area contributed by atoms with Gasteiger partial charge in [-0.25, -0.2) is 9.79 Å². The molecule has 5 nitrogen and oxygen atoms in total. The zero-order valence-electron chi connectivity index (χ0n) is 22.7. The molecule has 1 aromatic heterocycles. The summed E-state index contributed by atoms with van der Waals surface area (Å²) in [5.74, 6) is -0.454. The summed E-state index contributed by atoms with van der Waals surface area (Å²) in [6.07, 6.45) is 3.70. The summed E-state index contributed by atoms with van der Waals surface area (Å²) in [7, 11) is 0. The molecular formula is C33H28N2O3S2. The summed E-state index contributed by atoms with van der Waals surface area (Å²) < 4.78 is 7.85. The van der Waals surface area contributed by atoms with Crippen LogP contribution in [-0.4, -0.2) is 22.9 Å². The fraction of sp³-hybridized carbons (Fsp3) is 0.182. The molecule has 0 saturated carbocycles. The summed E-state index contributed by atoms with van der Waals surface area (Å²) >= 11 is 2.99. The molecule has 0 radical (unpaired) electrons. The average molecular weight is 565 g/mol. The van der Waals surface area contributed by atoms with Crippen LogP contribution in [0.1, 0.15) is 37.9 Å². The molecule has 1 aliphatic rings. The standard InChI is InChI=1S/C33H28N2O3S2/c1-19(2)38-32(37)29-20(3)34-33-35(30(29)21-13-15-24(39-4)16-14-21)31(36)28(40-33)18-27-25-11-7-5-9-22(25)17-23-10-6-8-12-26(23)27/h5-19,30H,1-4H3/b28-18-/t30-/m0/s1. The molecule has 4 aromatic carbocycles. The fourth-order valence-electron chi connectivity index (χ4n) is 5.30. The number of carbonyl (C=O) groups is 1. The molecule has 2 heterocycles. The van der Waals surface area contributed by atoms with Gasteiger partial charge in [-0.2, -0.15) is 0 Å². The number of rotatable bonds is 5. The highest BCUT2D eigenvalue weighted by atomic mass is 32.2. The van der Waals surface area contributed by atoms with Gasteiger partial charge in [0.25, 0.3) is 5.56 Å². The Morgan fingerprint density at radius 3 is 2.23 bits per heavy atom. The van der Waals surface area contributed by atoms with E-state index in [9.17, 15) is 9.59 Å². The maximum atomic E-state index is 14.2. The minimum atomic E-state index is -0.634. The van der Waals surface area contributed by atoms with Crippen molar-refractivity contribution >= 4 is 56.7 Å². The van der Waals surface area contributed by atoms with Crippen LogP contribution < -0.4 is 14.9 Å². The number of thioether (sulfide) groups is 1. The molecule has 1 aliphatic heterocycles. The summed E-state index contributed by atoms with van der Waals surface area (Å²) in [4.78, 5) is 34.0. The minimum absolute atomic E-state index is 0.179. The van der Waals surface area contributed by atoms with Crippen molar-refractivity contribution in [3.05, 3.63) is 121 Å². The Hall–Kier alpha value is -3.94. The number of ether oxygens (including phenoxy) is 1. The largest absolute Gasteiger partial charge is 0.459 e. The zero-order valence-corrected chi connectivity index (χ0v) is 24.3. The molecule has 200 valence electrons. The highest BCUT2D eigenvalue weighted by Crippen LogP contribution is 2.32. The predicted octanol–water partition coefficient (Wildman–Crippen LogP) is 6.22. The molecule has 0 fully saturated rings. The van der Waals surface area contributed by atoms with Crippen LogP contribution >= 0.6 is 23.1 Å². The van der Waals surface area contributed by atoms with Crippen molar-refractivity contribution in [3.63, 3.8) is 0 Å². The van der Waals surface area contributed by atoms with Crippen molar-refractivity contribution in [1.82, 2.24) is 4.57 Å². The number of hydrogen-bond donors (Lipinski definition) is 0. The van der Waals surface area contributed by atoms with Crippen molar-refractivity contribution in [2.45, 2.75) is 37.8 Å². The van der Waals surface area contributed by atoms with Gasteiger partial charge in [-0.1, -0.05) is 72.0 Å². The molecule has 0 N–H and O–H groups in total. The Bertz CT molecular complexity index is 1950. The van der Waals surface area contributed by atoms with Crippen molar-refractivity contribution in [2.75, 3.05) is 6.26 Å². The van der Waals surface area contributed by atoms with Gasteiger partial charge in [0.1, 0.15) is 0 Å². The van der Waals surface area contributed by atoms with Gasteiger partial charge in [0.15, 0.2) is 4.80 Å². The summed E-state index contributed by atoms with van der Waals surface area (Å²) in [5.41, 5.74) is 2.61. The Kier molecular flexibility index (Phi) is 6.94. The van der Waals surface area contributed by atoms with Crippen LogP contribution in [-0.2, 0) is 9.53 Å². The molecule has 0 saturated heterocycles. The monoisotopic (exact) mass is 564 g/mol. The Balaban J connectivity index is 1.62. The summed E-state index contributed by atoms with van der Waals surface area (Å²) in [6, 6.07) is 26.0. The van der Waals surface area contributed by atoms with E-state index in [-0.39, 0.29) is 11.7 Å². The van der Waals surface area contributed by atoms with Crippen LogP contribution in [0, 0.1) is 0 Å². The molecule has 40 heavy (non-hydrogen) atoms. The van der Waals surface area contributed by atoms with Crippen molar-refractivity contribution in [3.8, 4) is 0 Å². The molecule has 0 spiro atoms. The first-order valence-electron chi connectivity index (χ1n) is 13.1. The van der Waals surface area contributed by atoms with Crippen LogP contribution in [0.15, 0.2) is 105 Å². The predicted molar refractivity (Wildman–Crippen MR) is 165 cm³/mol. The number of carbonyl (C=O) groups excluding carboxylic acids is 1. The highest BCUT2D eigenvalue weighted by Gasteiger charge is 2.33. The second-order valence-electron chi connectivity index (χ2n) is 10.0. The van der Waals surface area contributed by atoms with E-state index in [1.54, 1.807) is 16.3 Å². The third-order valence-corrected chi connectivity index (χ3v) is 8.83. The Morgan fingerprint density at radius 1 is 1.00 bits per heavy atom. The van der Waals surface area contributed by atoms with Gasteiger partial charge in [-0.3, -0.25) is 9.36 Å². The Morgan fingerprint density at radius 2 is 1.62 bits per heavy atom. The van der Waals surface area contributed by atoms with E-state index in [2.05, 4.69) is 30.3 Å². The maximum absolute atomic E-state index is 14.2. The second-order valence-corrected chi connectivity index (χ2v) is 11.9. The quantitative estimate of drug-likeness (QED) is 0.145. The summed E-state index contributed by atoms with van der Waals surface area (Å²) in [6.45, 7) is 5.45. The first-order valence-corrected chi connectivity index (χ1v) is 15.2. The SMILES string of the molecule is CSc1ccc([C@H]2C(C(=O)OC(C)C)=C(C)N=c3s/c(=C\c4c5ccccc5cc5ccccc45)c(=O)n32)cc1. The molecule has 0 bridgehead atoms. The number of allylic oxidation sites excluding steroid dienone is 1. The minimum Gasteiger partial charge on any atom is -0.459 e. The van der Waals surface area contributed by atoms with E-state index in [1.165, 1.54) is 11.3 Å². The summed E-state index contributed by atoms with van der Waals surface area (Å²) in [5, 5.41) is 4.38. The fourth-order valence-corrected chi connectivity index (χ4v) is 6.73. The van der Waals surface area contributed by atoms with Gasteiger partial charge < -0.3 is 4.74 Å². The van der Waals surface area contributed by atoms with E-state index in [1.807, 2.05) is 81.6 Å². The topological polar surface area (TPSA) is 60.7 Å². The van der Waals surface area contributed by atoms with Gasteiger partial charge >= 0.3 is 5.97 Å². The van der Waals surface area contributed by atoms with Crippen molar-refractivity contribution in [2.24, 2.45) is 4.99 Å². The van der Waals surface area contributed by atoms with Crippen molar-refractivity contribution < 1.29 is 9.53 Å². The molecule has 5 aromatic rings. The molecule has 1 atom stereocenters. The van der Waals surface area contributed by atoms with Crippen LogP contribution in [0.25, 0.3) is 27.6 Å². The molecule has 0 unspecified atom stereocenters. The average Bonchev–Trinajstić information content (AvgIpc) is 3.25. The number of benzene rings is 4. The highest BCUT2D eigenvalue weighted by molar-refractivity contribution is 7.98. The van der Waals surface area contributed by atoms with Gasteiger partial charge in [-0.15, -0.1) is 11.8 Å². The van der Waals surface area contributed by atoms with Gasteiger partial charge in [0.05, 0.1) is 27.9 Å². The number of aromatic nitrogens is 1. The van der Waals surface area contributed by atoms with E-state index in [4.69, 9.17) is 9.73 Å². The first-order chi connectivity index (χ1) is 19.4. The molecule has 7 heteroatoms. The zero-order chi connectivity index (χ0) is 28.0. The molecule has 0 aliphatic carbocycles. The smallest absolute Gasteiger partial charge is 0.338 e. The van der Waals surface area contributed by atoms with Crippen LogP contribution in [0.5, 0.6) is 0 Å². The van der Waals surface area contributed by atoms with E-state index in [0.717, 1.165) is 37.6 Å². The Labute approximate surface area is 240 Å². The third kappa shape index (κ3) is 4.59. The number of thiazole rings is 1. The van der Waals surface area contributed by atoms with E-state index >= 15 is 0 Å². The van der Waals surface area contributed by atoms with Crippen LogP contribution in [0.2, 0.25) is 0 Å². The number of nitrogens with zero attached hydrogens (tertiary/aromatic N) is 2. The van der Waals surface area contributed by atoms with Crippen molar-refractivity contribution in [1.29, 1.82) is 0 Å². The number of esters is 1. The molecule has 0 amide bonds. The molecular weight excluding hydrogens is 537 g/mol. The van der Waals surface area contributed by atoms with Crippen LogP contribution in [0.3, 0.4) is 0 Å². The van der Waals surface area contributed by atoms with Gasteiger partial charge in [-0.05, 0) is 84.0 Å². The van der Waals surface area contributed by atoms with Crippen LogP contribution in [0.4, 0.5) is 0 Å². The molecule has 6 rings (SSSR count). The lowest BCUT2D eigenvalue weighted by Gasteiger charge is -2.25. The lowest BCUT2D eigenvalue weighted by molar-refractivity contribution is -0.143. The number of hydrogen-bond acceptors (Lipinski definition) is 6. The van der Waals surface area contributed by atoms with Gasteiger partial charge in [0, 0.05) is 4.90 Å². The normalized spacial score (nSPS) is 15.5. The lowest BCUT2D eigenvalue weighted by atomic mass is 9.95. The van der Waals surface area contributed by atoms with E-state index in [0.29, 0.717) is 20.6 Å². The number of fused-ring (bicyclic) bond motifs is 3. The lowest BCUT2D eigenvalue weighted by Crippen LogP contribution is -2.40. The van der Waals surface area contributed by atoms with Gasteiger partial charge in [0.2, 0.25) is 0 Å². The third-order valence-electron chi connectivity index (χ3n) is 7.10. The first kappa shape index (κ1) is 26.3. The maximum Gasteiger partial charge on any atom is 0.338 e.